The molecule has 2 aromatic rings. The maximum Gasteiger partial charge on any atom is 0.165 e. The van der Waals surface area contributed by atoms with Crippen LogP contribution in [0.3, 0.4) is 0 Å². The minimum absolute atomic E-state index is 0.201. The first-order valence-corrected chi connectivity index (χ1v) is 5.60. The zero-order valence-electron chi connectivity index (χ0n) is 9.28. The Bertz CT molecular complexity index is 487. The van der Waals surface area contributed by atoms with Gasteiger partial charge in [-0.3, -0.25) is 0 Å². The average Bonchev–Trinajstić information content (AvgIpc) is 2.82. The fourth-order valence-electron chi connectivity index (χ4n) is 1.57. The van der Waals surface area contributed by atoms with Gasteiger partial charge in [-0.1, -0.05) is 6.07 Å². The molecule has 1 atom stereocenters. The molecular weight excluding hydrogens is 243 g/mol. The van der Waals surface area contributed by atoms with Crippen LogP contribution >= 0.6 is 11.6 Å². The van der Waals surface area contributed by atoms with Gasteiger partial charge in [0.05, 0.1) is 12.5 Å². The SMILES string of the molecule is COc1cc(C(Cl)Cc2ncc[nH]2)ccc1F. The largest absolute Gasteiger partial charge is 0.494 e. The summed E-state index contributed by atoms with van der Waals surface area (Å²) < 4.78 is 18.1. The van der Waals surface area contributed by atoms with Gasteiger partial charge in [0.15, 0.2) is 11.6 Å². The normalized spacial score (nSPS) is 12.4. The van der Waals surface area contributed by atoms with E-state index >= 15 is 0 Å². The molecule has 2 rings (SSSR count). The first kappa shape index (κ1) is 11.9. The van der Waals surface area contributed by atoms with Gasteiger partial charge >= 0.3 is 0 Å². The van der Waals surface area contributed by atoms with Crippen molar-refractivity contribution in [3.8, 4) is 5.75 Å². The van der Waals surface area contributed by atoms with Gasteiger partial charge < -0.3 is 9.72 Å². The first-order chi connectivity index (χ1) is 8.20. The van der Waals surface area contributed by atoms with Crippen LogP contribution in [0.1, 0.15) is 16.8 Å². The molecule has 90 valence electrons. The number of nitrogens with zero attached hydrogens (tertiary/aromatic N) is 1. The number of alkyl halides is 1. The van der Waals surface area contributed by atoms with Crippen LogP contribution in [0.2, 0.25) is 0 Å². The molecule has 3 nitrogen and oxygen atoms in total. The second-order valence-corrected chi connectivity index (χ2v) is 4.13. The molecule has 0 saturated carbocycles. The van der Waals surface area contributed by atoms with E-state index in [0.29, 0.717) is 6.42 Å². The summed E-state index contributed by atoms with van der Waals surface area (Å²) in [5.74, 6) is 0.610. The number of ether oxygens (including phenoxy) is 1. The molecule has 0 amide bonds. The topological polar surface area (TPSA) is 37.9 Å². The summed E-state index contributed by atoms with van der Waals surface area (Å²) in [6, 6.07) is 4.61. The number of imidazole rings is 1. The monoisotopic (exact) mass is 254 g/mol. The first-order valence-electron chi connectivity index (χ1n) is 5.16. The van der Waals surface area contributed by atoms with Crippen molar-refractivity contribution in [2.45, 2.75) is 11.8 Å². The van der Waals surface area contributed by atoms with E-state index < -0.39 is 5.82 Å². The molecule has 1 aromatic carbocycles. The molecule has 0 bridgehead atoms. The molecule has 0 aliphatic heterocycles. The van der Waals surface area contributed by atoms with Crippen LogP contribution in [-0.4, -0.2) is 17.1 Å². The minimum atomic E-state index is -0.391. The highest BCUT2D eigenvalue weighted by atomic mass is 35.5. The molecule has 0 spiro atoms. The number of aromatic amines is 1. The molecular formula is C12H12ClFN2O. The number of rotatable bonds is 4. The Kier molecular flexibility index (Phi) is 3.64. The highest BCUT2D eigenvalue weighted by Gasteiger charge is 2.13. The Morgan fingerprint density at radius 2 is 2.35 bits per heavy atom. The van der Waals surface area contributed by atoms with Crippen molar-refractivity contribution in [3.63, 3.8) is 0 Å². The van der Waals surface area contributed by atoms with Crippen molar-refractivity contribution in [1.29, 1.82) is 0 Å². The summed E-state index contributed by atoms with van der Waals surface area (Å²) in [7, 11) is 1.43. The third-order valence-electron chi connectivity index (χ3n) is 2.46. The number of hydrogen-bond acceptors (Lipinski definition) is 2. The summed E-state index contributed by atoms with van der Waals surface area (Å²) in [5.41, 5.74) is 0.807. The summed E-state index contributed by atoms with van der Waals surface area (Å²) in [6.45, 7) is 0. The van der Waals surface area contributed by atoms with E-state index in [1.807, 2.05) is 0 Å². The molecule has 1 unspecified atom stereocenters. The summed E-state index contributed by atoms with van der Waals surface area (Å²) in [5, 5.41) is -0.268. The summed E-state index contributed by atoms with van der Waals surface area (Å²) in [4.78, 5) is 7.07. The van der Waals surface area contributed by atoms with Crippen LogP contribution in [0.5, 0.6) is 5.75 Å². The summed E-state index contributed by atoms with van der Waals surface area (Å²) in [6.07, 6.45) is 3.97. The van der Waals surface area contributed by atoms with Gasteiger partial charge in [-0.2, -0.15) is 0 Å². The predicted octanol–water partition coefficient (Wildman–Crippen LogP) is 3.08. The highest BCUT2D eigenvalue weighted by molar-refractivity contribution is 6.20. The van der Waals surface area contributed by atoms with Gasteiger partial charge in [0.2, 0.25) is 0 Å². The maximum absolute atomic E-state index is 13.2. The quantitative estimate of drug-likeness (QED) is 0.852. The smallest absolute Gasteiger partial charge is 0.165 e. The Morgan fingerprint density at radius 1 is 1.53 bits per heavy atom. The molecule has 1 heterocycles. The van der Waals surface area contributed by atoms with Crippen molar-refractivity contribution in [2.75, 3.05) is 7.11 Å². The number of H-pyrrole nitrogens is 1. The third kappa shape index (κ3) is 2.77. The lowest BCUT2D eigenvalue weighted by Crippen LogP contribution is -1.99. The lowest BCUT2D eigenvalue weighted by Gasteiger charge is -2.10. The van der Waals surface area contributed by atoms with Crippen molar-refractivity contribution in [3.05, 3.63) is 47.8 Å². The van der Waals surface area contributed by atoms with Crippen molar-refractivity contribution in [1.82, 2.24) is 9.97 Å². The fraction of sp³-hybridized carbons (Fsp3) is 0.250. The third-order valence-corrected chi connectivity index (χ3v) is 2.87. The number of benzene rings is 1. The van der Waals surface area contributed by atoms with E-state index in [0.717, 1.165) is 11.4 Å². The van der Waals surface area contributed by atoms with Crippen LogP contribution < -0.4 is 4.74 Å². The Hall–Kier alpha value is -1.55. The molecule has 0 saturated heterocycles. The lowest BCUT2D eigenvalue weighted by atomic mass is 10.1. The predicted molar refractivity (Wildman–Crippen MR) is 63.8 cm³/mol. The summed E-state index contributed by atoms with van der Waals surface area (Å²) >= 11 is 6.24. The van der Waals surface area contributed by atoms with Crippen LogP contribution in [0, 0.1) is 5.82 Å². The molecule has 0 fully saturated rings. The second-order valence-electron chi connectivity index (χ2n) is 3.60. The average molecular weight is 255 g/mol. The number of aromatic nitrogens is 2. The van der Waals surface area contributed by atoms with E-state index in [-0.39, 0.29) is 11.1 Å². The second kappa shape index (κ2) is 5.19. The minimum Gasteiger partial charge on any atom is -0.494 e. The molecule has 0 aliphatic carbocycles. The Morgan fingerprint density at radius 3 is 3.00 bits per heavy atom. The van der Waals surface area contributed by atoms with E-state index in [1.165, 1.54) is 13.2 Å². The van der Waals surface area contributed by atoms with Gasteiger partial charge in [-0.05, 0) is 17.7 Å². The van der Waals surface area contributed by atoms with Gasteiger partial charge in [0.25, 0.3) is 0 Å². The van der Waals surface area contributed by atoms with Gasteiger partial charge in [0, 0.05) is 18.8 Å². The van der Waals surface area contributed by atoms with Crippen LogP contribution in [0.25, 0.3) is 0 Å². The van der Waals surface area contributed by atoms with E-state index in [4.69, 9.17) is 16.3 Å². The number of nitrogens with one attached hydrogen (secondary N) is 1. The van der Waals surface area contributed by atoms with E-state index in [9.17, 15) is 4.39 Å². The zero-order valence-corrected chi connectivity index (χ0v) is 10.0. The van der Waals surface area contributed by atoms with Crippen molar-refractivity contribution in [2.24, 2.45) is 0 Å². The number of methoxy groups -OCH3 is 1. The van der Waals surface area contributed by atoms with Crippen LogP contribution in [0.15, 0.2) is 30.6 Å². The maximum atomic E-state index is 13.2. The number of halogens is 2. The molecule has 0 aliphatic rings. The lowest BCUT2D eigenvalue weighted by molar-refractivity contribution is 0.386. The fourth-order valence-corrected chi connectivity index (χ4v) is 1.85. The van der Waals surface area contributed by atoms with Gasteiger partial charge in [0.1, 0.15) is 5.82 Å². The van der Waals surface area contributed by atoms with Crippen LogP contribution in [0.4, 0.5) is 4.39 Å². The van der Waals surface area contributed by atoms with Crippen molar-refractivity contribution >= 4 is 11.6 Å². The Labute approximate surface area is 104 Å². The standard InChI is InChI=1S/C12H12ClFN2O/c1-17-11-6-8(2-3-10(11)14)9(13)7-12-15-4-5-16-12/h2-6,9H,7H2,1H3,(H,15,16). The highest BCUT2D eigenvalue weighted by Crippen LogP contribution is 2.28. The number of hydrogen-bond donors (Lipinski definition) is 1. The zero-order chi connectivity index (χ0) is 12.3. The van der Waals surface area contributed by atoms with E-state index in [1.54, 1.807) is 24.5 Å². The van der Waals surface area contributed by atoms with Crippen molar-refractivity contribution < 1.29 is 9.13 Å². The molecule has 17 heavy (non-hydrogen) atoms. The van der Waals surface area contributed by atoms with Gasteiger partial charge in [-0.25, -0.2) is 9.37 Å². The van der Waals surface area contributed by atoms with E-state index in [2.05, 4.69) is 9.97 Å². The Balaban J connectivity index is 2.16. The molecule has 1 N–H and O–H groups in total. The van der Waals surface area contributed by atoms with Crippen LogP contribution in [-0.2, 0) is 6.42 Å². The molecule has 1 aromatic heterocycles. The molecule has 5 heteroatoms. The van der Waals surface area contributed by atoms with Gasteiger partial charge in [-0.15, -0.1) is 11.6 Å². The molecule has 0 radical (unpaired) electrons.